The van der Waals surface area contributed by atoms with E-state index in [4.69, 9.17) is 19.4 Å². The number of hydrogen-bond donors (Lipinski definition) is 2. The van der Waals surface area contributed by atoms with Gasteiger partial charge in [0.15, 0.2) is 5.65 Å². The number of halogens is 2. The molecule has 5 rings (SSSR count). The molecule has 2 heterocycles. The van der Waals surface area contributed by atoms with Gasteiger partial charge in [0.05, 0.1) is 5.69 Å². The van der Waals surface area contributed by atoms with Gasteiger partial charge in [-0.1, -0.05) is 54.1 Å². The van der Waals surface area contributed by atoms with Gasteiger partial charge >= 0.3 is 0 Å². The molecule has 7 nitrogen and oxygen atoms in total. The van der Waals surface area contributed by atoms with Crippen molar-refractivity contribution in [3.8, 4) is 11.3 Å². The summed E-state index contributed by atoms with van der Waals surface area (Å²) in [5.74, 6) is -0.207. The first-order valence-electron chi connectivity index (χ1n) is 10.8. The Balaban J connectivity index is 1.42. The highest BCUT2D eigenvalue weighted by molar-refractivity contribution is 7.92. The average Bonchev–Trinajstić information content (AvgIpc) is 3.23. The summed E-state index contributed by atoms with van der Waals surface area (Å²) in [5, 5.41) is 8.15. The van der Waals surface area contributed by atoms with Crippen LogP contribution >= 0.6 is 11.6 Å². The molecule has 0 saturated carbocycles. The lowest BCUT2D eigenvalue weighted by atomic mass is 10.0. The Morgan fingerprint density at radius 1 is 1.00 bits per heavy atom. The Morgan fingerprint density at radius 2 is 1.78 bits per heavy atom. The molecule has 5 aromatic rings. The summed E-state index contributed by atoms with van der Waals surface area (Å²) in [7, 11) is 1.99. The highest BCUT2D eigenvalue weighted by Crippen LogP contribution is 2.28. The van der Waals surface area contributed by atoms with Gasteiger partial charge in [0, 0.05) is 35.1 Å². The first-order valence-corrected chi connectivity index (χ1v) is 12.7. The highest BCUT2D eigenvalue weighted by atomic mass is 35.5. The molecule has 0 aliphatic carbocycles. The van der Waals surface area contributed by atoms with Gasteiger partial charge in [-0.2, -0.15) is 9.61 Å². The summed E-state index contributed by atoms with van der Waals surface area (Å²) in [5.41, 5.74) is 3.33. The molecular formula is C25H18BClFN5O2S. The zero-order valence-electron chi connectivity index (χ0n) is 18.7. The Kier molecular flexibility index (Phi) is 6.38. The van der Waals surface area contributed by atoms with Crippen molar-refractivity contribution in [2.75, 3.05) is 10.0 Å². The molecule has 0 atom stereocenters. The number of fused-ring (bicyclic) bond motifs is 1. The van der Waals surface area contributed by atoms with Crippen LogP contribution < -0.4 is 15.5 Å². The standard InChI is InChI=1S/C25H18BClFN5O2S/c26-19-15-30-33-24(13-22(31-25(19)33)18-8-1-2-9-20(18)27)29-14-16-6-5-7-17(12-16)32-36(34,35)23-11-4-3-10-21(23)28/h1-13,15,29,32H,14H2. The van der Waals surface area contributed by atoms with E-state index >= 15 is 0 Å². The monoisotopic (exact) mass is 517 g/mol. The third-order valence-corrected chi connectivity index (χ3v) is 7.17. The fourth-order valence-corrected chi connectivity index (χ4v) is 5.09. The molecule has 2 aromatic heterocycles. The average molecular weight is 518 g/mol. The molecule has 0 bridgehead atoms. The van der Waals surface area contributed by atoms with Crippen molar-refractivity contribution in [3.05, 3.63) is 101 Å². The maximum absolute atomic E-state index is 14.0. The number of hydrogen-bond acceptors (Lipinski definition) is 5. The molecule has 2 radical (unpaired) electrons. The normalized spacial score (nSPS) is 11.5. The van der Waals surface area contributed by atoms with E-state index in [0.717, 1.165) is 17.2 Å². The maximum Gasteiger partial charge on any atom is 0.264 e. The van der Waals surface area contributed by atoms with Crippen molar-refractivity contribution in [3.63, 3.8) is 0 Å². The quantitative estimate of drug-likeness (QED) is 0.313. The zero-order chi connectivity index (χ0) is 25.3. The predicted octanol–water partition coefficient (Wildman–Crippen LogP) is 4.40. The van der Waals surface area contributed by atoms with Crippen LogP contribution in [0.1, 0.15) is 5.56 Å². The second-order valence-corrected chi connectivity index (χ2v) is 9.99. The molecule has 0 spiro atoms. The molecule has 0 saturated heterocycles. The van der Waals surface area contributed by atoms with Crippen LogP contribution in [-0.4, -0.2) is 30.9 Å². The SMILES string of the molecule is [B]c1cnn2c(NCc3cccc(NS(=O)(=O)c4ccccc4F)c3)cc(-c3ccccc3Cl)nc12. The van der Waals surface area contributed by atoms with Crippen LogP contribution in [0.3, 0.4) is 0 Å². The molecule has 178 valence electrons. The number of benzene rings is 3. The van der Waals surface area contributed by atoms with Gasteiger partial charge < -0.3 is 5.32 Å². The van der Waals surface area contributed by atoms with Gasteiger partial charge in [0.1, 0.15) is 24.4 Å². The topological polar surface area (TPSA) is 88.4 Å². The summed E-state index contributed by atoms with van der Waals surface area (Å²) < 4.78 is 43.3. The molecule has 0 aliphatic heterocycles. The largest absolute Gasteiger partial charge is 0.366 e. The molecule has 11 heteroatoms. The minimum absolute atomic E-state index is 0.303. The van der Waals surface area contributed by atoms with Gasteiger partial charge in [-0.15, -0.1) is 0 Å². The van der Waals surface area contributed by atoms with Crippen LogP contribution in [0.25, 0.3) is 16.9 Å². The van der Waals surface area contributed by atoms with E-state index in [2.05, 4.69) is 20.1 Å². The van der Waals surface area contributed by atoms with Crippen LogP contribution in [0.2, 0.25) is 5.02 Å². The molecular weight excluding hydrogens is 500 g/mol. The molecule has 0 fully saturated rings. The van der Waals surface area contributed by atoms with Crippen molar-refractivity contribution in [2.24, 2.45) is 0 Å². The van der Waals surface area contributed by atoms with E-state index in [9.17, 15) is 12.8 Å². The third-order valence-electron chi connectivity index (χ3n) is 5.43. The van der Waals surface area contributed by atoms with E-state index < -0.39 is 20.7 Å². The summed E-state index contributed by atoms with van der Waals surface area (Å²) in [6, 6.07) is 21.2. The third kappa shape index (κ3) is 4.78. The van der Waals surface area contributed by atoms with Gasteiger partial charge in [0.2, 0.25) is 0 Å². The van der Waals surface area contributed by atoms with Gasteiger partial charge in [-0.25, -0.2) is 17.8 Å². The van der Waals surface area contributed by atoms with E-state index in [1.54, 1.807) is 28.8 Å². The predicted molar refractivity (Wildman–Crippen MR) is 140 cm³/mol. The van der Waals surface area contributed by atoms with E-state index in [0.29, 0.717) is 39.9 Å². The van der Waals surface area contributed by atoms with E-state index in [1.165, 1.54) is 24.4 Å². The van der Waals surface area contributed by atoms with Gasteiger partial charge in [-0.05, 0) is 41.4 Å². The molecule has 36 heavy (non-hydrogen) atoms. The fourth-order valence-electron chi connectivity index (χ4n) is 3.72. The Hall–Kier alpha value is -3.89. The van der Waals surface area contributed by atoms with Crippen LogP contribution in [0, 0.1) is 5.82 Å². The van der Waals surface area contributed by atoms with E-state index in [-0.39, 0.29) is 0 Å². The Morgan fingerprint density at radius 3 is 2.58 bits per heavy atom. The smallest absolute Gasteiger partial charge is 0.264 e. The Labute approximate surface area is 213 Å². The van der Waals surface area contributed by atoms with Crippen LogP contribution in [0.5, 0.6) is 0 Å². The number of rotatable bonds is 7. The number of sulfonamides is 1. The second kappa shape index (κ2) is 9.64. The van der Waals surface area contributed by atoms with Crippen LogP contribution in [0.4, 0.5) is 15.9 Å². The molecule has 0 aliphatic rings. The van der Waals surface area contributed by atoms with Gasteiger partial charge in [0.25, 0.3) is 10.0 Å². The summed E-state index contributed by atoms with van der Waals surface area (Å²) in [6.07, 6.45) is 1.52. The molecule has 3 aromatic carbocycles. The van der Waals surface area contributed by atoms with E-state index in [1.807, 2.05) is 30.3 Å². The van der Waals surface area contributed by atoms with Crippen molar-refractivity contribution in [2.45, 2.75) is 11.4 Å². The zero-order valence-corrected chi connectivity index (χ0v) is 20.3. The summed E-state index contributed by atoms with van der Waals surface area (Å²) >= 11 is 6.38. The minimum Gasteiger partial charge on any atom is -0.366 e. The van der Waals surface area contributed by atoms with Crippen LogP contribution in [-0.2, 0) is 16.6 Å². The number of aromatic nitrogens is 3. The Bertz CT molecular complexity index is 1690. The van der Waals surface area contributed by atoms with Crippen molar-refractivity contribution >= 4 is 52.1 Å². The van der Waals surface area contributed by atoms with Crippen molar-refractivity contribution < 1.29 is 12.8 Å². The minimum atomic E-state index is -4.09. The first-order chi connectivity index (χ1) is 17.3. The molecule has 0 amide bonds. The molecule has 0 unspecified atom stereocenters. The van der Waals surface area contributed by atoms with Crippen molar-refractivity contribution in [1.82, 2.24) is 14.6 Å². The lowest BCUT2D eigenvalue weighted by molar-refractivity contribution is 0.570. The molecule has 2 N–H and O–H groups in total. The first kappa shape index (κ1) is 23.8. The highest BCUT2D eigenvalue weighted by Gasteiger charge is 2.19. The van der Waals surface area contributed by atoms with Gasteiger partial charge in [-0.3, -0.25) is 4.72 Å². The number of nitrogens with one attached hydrogen (secondary N) is 2. The van der Waals surface area contributed by atoms with Crippen LogP contribution in [0.15, 0.2) is 90.0 Å². The van der Waals surface area contributed by atoms with Crippen molar-refractivity contribution in [1.29, 1.82) is 0 Å². The second-order valence-electron chi connectivity index (χ2n) is 7.93. The maximum atomic E-state index is 14.0. The lowest BCUT2D eigenvalue weighted by Gasteiger charge is -2.13. The number of anilines is 2. The number of nitrogens with zero attached hydrogens (tertiary/aromatic N) is 3. The fraction of sp³-hybridized carbons (Fsp3) is 0.0400. The summed E-state index contributed by atoms with van der Waals surface area (Å²) in [6.45, 7) is 0.329. The summed E-state index contributed by atoms with van der Waals surface area (Å²) in [4.78, 5) is 4.20. The lowest BCUT2D eigenvalue weighted by Crippen LogP contribution is -2.15.